The second-order valence-corrected chi connectivity index (χ2v) is 5.10. The highest BCUT2D eigenvalue weighted by molar-refractivity contribution is 5.81. The van der Waals surface area contributed by atoms with E-state index in [0.29, 0.717) is 0 Å². The number of carbonyl (C=O) groups is 1. The number of methoxy groups -OCH3 is 2. The zero-order valence-electron chi connectivity index (χ0n) is 16.1. The molecule has 1 aliphatic carbocycles. The summed E-state index contributed by atoms with van der Waals surface area (Å²) in [4.78, 5) is 11.7. The van der Waals surface area contributed by atoms with Gasteiger partial charge in [-0.3, -0.25) is 4.79 Å². The van der Waals surface area contributed by atoms with Crippen molar-refractivity contribution in [3.8, 4) is 0 Å². The highest BCUT2D eigenvalue weighted by Gasteiger charge is 2.44. The Morgan fingerprint density at radius 2 is 1.72 bits per heavy atom. The van der Waals surface area contributed by atoms with Crippen LogP contribution in [-0.2, 0) is 14.3 Å². The first-order valence-electron chi connectivity index (χ1n) is 8.69. The summed E-state index contributed by atoms with van der Waals surface area (Å²) in [5, 5.41) is 22.0. The number of carbonyl (C=O) groups excluding carboxylic acids is 1. The number of aliphatic hydroxyl groups excluding tert-OH is 2. The molecule has 2 unspecified atom stereocenters. The molecule has 0 heterocycles. The number of nitrogens with two attached hydrogens (primary N) is 2. The summed E-state index contributed by atoms with van der Waals surface area (Å²) >= 11 is 0. The molecule has 0 aromatic heterocycles. The standard InChI is InChI=1S/C12H24FN3O5.2C2H6/c1-20-10-6(15)3-7(9(18)11(10)21-2)16-12(19)8(17)5(13)4-14;2*1-2/h5-11,17-18H,3-4,14-15H2,1-2H3,(H,16,19);2*1-2H3/t5?,6-,7+,8?,9-,10+,11+;;/m0../s1. The summed E-state index contributed by atoms with van der Waals surface area (Å²) in [6.07, 6.45) is -5.91. The molecule has 1 saturated carbocycles. The molecule has 25 heavy (non-hydrogen) atoms. The van der Waals surface area contributed by atoms with E-state index in [9.17, 15) is 19.4 Å². The molecule has 1 amide bonds. The van der Waals surface area contributed by atoms with Crippen molar-refractivity contribution in [1.29, 1.82) is 0 Å². The Bertz CT molecular complexity index is 352. The van der Waals surface area contributed by atoms with Crippen LogP contribution < -0.4 is 16.8 Å². The Kier molecular flexibility index (Phi) is 15.1. The van der Waals surface area contributed by atoms with E-state index < -0.39 is 55.1 Å². The number of hydrogen-bond donors (Lipinski definition) is 5. The topological polar surface area (TPSA) is 140 Å². The van der Waals surface area contributed by atoms with Gasteiger partial charge >= 0.3 is 0 Å². The molecular weight excluding hydrogens is 333 g/mol. The van der Waals surface area contributed by atoms with E-state index in [1.165, 1.54) is 14.2 Å². The molecule has 7 atom stereocenters. The minimum atomic E-state index is -1.89. The first kappa shape index (κ1) is 26.4. The molecule has 0 saturated heterocycles. The second kappa shape index (κ2) is 14.3. The van der Waals surface area contributed by atoms with E-state index in [-0.39, 0.29) is 6.42 Å². The summed E-state index contributed by atoms with van der Waals surface area (Å²) < 4.78 is 23.5. The summed E-state index contributed by atoms with van der Waals surface area (Å²) in [7, 11) is 2.83. The van der Waals surface area contributed by atoms with Crippen LogP contribution in [0, 0.1) is 0 Å². The van der Waals surface area contributed by atoms with Gasteiger partial charge in [0, 0.05) is 26.8 Å². The molecule has 0 aromatic carbocycles. The number of hydrogen-bond acceptors (Lipinski definition) is 7. The van der Waals surface area contributed by atoms with Gasteiger partial charge in [-0.05, 0) is 6.42 Å². The smallest absolute Gasteiger partial charge is 0.252 e. The highest BCUT2D eigenvalue weighted by atomic mass is 19.1. The maximum atomic E-state index is 13.2. The van der Waals surface area contributed by atoms with Crippen LogP contribution in [0.1, 0.15) is 34.1 Å². The van der Waals surface area contributed by atoms with Crippen LogP contribution in [0.4, 0.5) is 4.39 Å². The SMILES string of the molecule is CC.CC.CO[C@@H]1[C@@H](O)[C@H](NC(=O)C(O)C(F)CN)C[C@H](N)[C@H]1OC. The molecular formula is C16H36FN3O5. The molecule has 1 fully saturated rings. The molecule has 7 N–H and O–H groups in total. The van der Waals surface area contributed by atoms with Crippen LogP contribution in [-0.4, -0.2) is 79.6 Å². The third kappa shape index (κ3) is 7.51. The maximum absolute atomic E-state index is 13.2. The van der Waals surface area contributed by atoms with Crippen molar-refractivity contribution in [2.45, 2.75) is 76.8 Å². The predicted octanol–water partition coefficient (Wildman–Crippen LogP) is -0.697. The molecule has 1 rings (SSSR count). The lowest BCUT2D eigenvalue weighted by Crippen LogP contribution is -2.65. The Morgan fingerprint density at radius 3 is 2.12 bits per heavy atom. The van der Waals surface area contributed by atoms with Crippen LogP contribution in [0.15, 0.2) is 0 Å². The monoisotopic (exact) mass is 369 g/mol. The zero-order valence-corrected chi connectivity index (χ0v) is 16.1. The maximum Gasteiger partial charge on any atom is 0.252 e. The molecule has 0 aliphatic heterocycles. The lowest BCUT2D eigenvalue weighted by Gasteiger charge is -2.42. The van der Waals surface area contributed by atoms with E-state index in [0.717, 1.165) is 0 Å². The van der Waals surface area contributed by atoms with Gasteiger partial charge in [0.2, 0.25) is 0 Å². The summed E-state index contributed by atoms with van der Waals surface area (Å²) in [6.45, 7) is 7.52. The minimum absolute atomic E-state index is 0.206. The Hall–Kier alpha value is -0.840. The zero-order chi connectivity index (χ0) is 20.2. The van der Waals surface area contributed by atoms with Crippen molar-refractivity contribution in [1.82, 2.24) is 5.32 Å². The largest absolute Gasteiger partial charge is 0.388 e. The van der Waals surface area contributed by atoms with Crippen LogP contribution in [0.5, 0.6) is 0 Å². The van der Waals surface area contributed by atoms with Gasteiger partial charge in [-0.25, -0.2) is 4.39 Å². The third-order valence-electron chi connectivity index (χ3n) is 3.73. The fraction of sp³-hybridized carbons (Fsp3) is 0.938. The van der Waals surface area contributed by atoms with Crippen molar-refractivity contribution in [3.05, 3.63) is 0 Å². The number of amides is 1. The normalized spacial score (nSPS) is 30.8. The van der Waals surface area contributed by atoms with E-state index in [1.807, 2.05) is 27.7 Å². The Labute approximate surface area is 150 Å². The number of aliphatic hydroxyl groups is 2. The summed E-state index contributed by atoms with van der Waals surface area (Å²) in [5.41, 5.74) is 11.0. The number of ether oxygens (including phenoxy) is 2. The van der Waals surface area contributed by atoms with Crippen LogP contribution in [0.3, 0.4) is 0 Å². The number of halogens is 1. The van der Waals surface area contributed by atoms with Gasteiger partial charge in [0.15, 0.2) is 6.10 Å². The van der Waals surface area contributed by atoms with E-state index in [1.54, 1.807) is 0 Å². The van der Waals surface area contributed by atoms with Gasteiger partial charge in [0.05, 0.1) is 6.04 Å². The van der Waals surface area contributed by atoms with Crippen LogP contribution in [0.2, 0.25) is 0 Å². The fourth-order valence-electron chi connectivity index (χ4n) is 2.52. The van der Waals surface area contributed by atoms with E-state index in [4.69, 9.17) is 20.9 Å². The Morgan fingerprint density at radius 1 is 1.24 bits per heavy atom. The fourth-order valence-corrected chi connectivity index (χ4v) is 2.52. The van der Waals surface area contributed by atoms with Crippen molar-refractivity contribution in [3.63, 3.8) is 0 Å². The molecule has 8 nitrogen and oxygen atoms in total. The second-order valence-electron chi connectivity index (χ2n) is 5.10. The van der Waals surface area contributed by atoms with Crippen molar-refractivity contribution < 1.29 is 28.9 Å². The first-order chi connectivity index (χ1) is 11.9. The average molecular weight is 369 g/mol. The summed E-state index contributed by atoms with van der Waals surface area (Å²) in [5.74, 6) is -0.949. The highest BCUT2D eigenvalue weighted by Crippen LogP contribution is 2.24. The van der Waals surface area contributed by atoms with Gasteiger partial charge in [0.1, 0.15) is 24.5 Å². The predicted molar refractivity (Wildman–Crippen MR) is 94.8 cm³/mol. The molecule has 1 aliphatic rings. The molecule has 0 radical (unpaired) electrons. The first-order valence-corrected chi connectivity index (χ1v) is 8.69. The van der Waals surface area contributed by atoms with Crippen molar-refractivity contribution >= 4 is 5.91 Å². The summed E-state index contributed by atoms with van der Waals surface area (Å²) in [6, 6.07) is -1.26. The molecule has 0 bridgehead atoms. The van der Waals surface area contributed by atoms with E-state index in [2.05, 4.69) is 5.32 Å². The van der Waals surface area contributed by atoms with Crippen LogP contribution >= 0.6 is 0 Å². The van der Waals surface area contributed by atoms with Gasteiger partial charge in [-0.2, -0.15) is 0 Å². The molecule has 9 heteroatoms. The van der Waals surface area contributed by atoms with Crippen LogP contribution in [0.25, 0.3) is 0 Å². The number of alkyl halides is 1. The van der Waals surface area contributed by atoms with Gasteiger partial charge in [-0.1, -0.05) is 27.7 Å². The number of nitrogens with one attached hydrogen (secondary N) is 1. The lowest BCUT2D eigenvalue weighted by molar-refractivity contribution is -0.147. The van der Waals surface area contributed by atoms with Crippen molar-refractivity contribution in [2.75, 3.05) is 20.8 Å². The lowest BCUT2D eigenvalue weighted by atomic mass is 9.84. The van der Waals surface area contributed by atoms with Crippen molar-refractivity contribution in [2.24, 2.45) is 11.5 Å². The Balaban J connectivity index is 0. The van der Waals surface area contributed by atoms with E-state index >= 15 is 0 Å². The van der Waals surface area contributed by atoms with Gasteiger partial charge in [0.25, 0.3) is 5.91 Å². The number of rotatable bonds is 6. The average Bonchev–Trinajstić information content (AvgIpc) is 2.65. The quantitative estimate of drug-likeness (QED) is 0.417. The van der Waals surface area contributed by atoms with Gasteiger partial charge < -0.3 is 36.5 Å². The molecule has 0 aromatic rings. The van der Waals surface area contributed by atoms with Gasteiger partial charge in [-0.15, -0.1) is 0 Å². The molecule has 0 spiro atoms. The minimum Gasteiger partial charge on any atom is -0.388 e. The molecule has 152 valence electrons. The third-order valence-corrected chi connectivity index (χ3v) is 3.73.